The molecule has 0 heterocycles. The maximum absolute atomic E-state index is 12.5. The number of allylic oxidation sites excluding steroid dienone is 4. The van der Waals surface area contributed by atoms with Crippen LogP contribution in [0.3, 0.4) is 0 Å². The summed E-state index contributed by atoms with van der Waals surface area (Å²) in [7, 11) is -3.66. The molecule has 1 aliphatic rings. The van der Waals surface area contributed by atoms with Gasteiger partial charge < -0.3 is 5.11 Å². The maximum Gasteiger partial charge on any atom is 0.261 e. The minimum Gasteiger partial charge on any atom is -0.508 e. The minimum absolute atomic E-state index is 0.135. The van der Waals surface area contributed by atoms with Gasteiger partial charge in [0.15, 0.2) is 0 Å². The van der Waals surface area contributed by atoms with Crippen molar-refractivity contribution in [2.45, 2.75) is 24.7 Å². The van der Waals surface area contributed by atoms with Crippen molar-refractivity contribution in [1.29, 1.82) is 0 Å². The maximum atomic E-state index is 12.5. The first-order valence-electron chi connectivity index (χ1n) is 7.75. The van der Waals surface area contributed by atoms with Crippen LogP contribution >= 0.6 is 0 Å². The van der Waals surface area contributed by atoms with Crippen molar-refractivity contribution in [1.82, 2.24) is 0 Å². The molecule has 2 aromatic rings. The molecule has 4 nitrogen and oxygen atoms in total. The van der Waals surface area contributed by atoms with Crippen molar-refractivity contribution in [3.63, 3.8) is 0 Å². The molecule has 2 aromatic carbocycles. The number of nitrogens with one attached hydrogen (secondary N) is 1. The van der Waals surface area contributed by atoms with Gasteiger partial charge in [-0.3, -0.25) is 4.72 Å². The molecule has 0 amide bonds. The molecule has 0 fully saturated rings. The Morgan fingerprint density at radius 2 is 1.79 bits per heavy atom. The van der Waals surface area contributed by atoms with E-state index in [2.05, 4.69) is 23.0 Å². The van der Waals surface area contributed by atoms with Gasteiger partial charge in [0.05, 0.1) is 4.90 Å². The van der Waals surface area contributed by atoms with Crippen LogP contribution in [0, 0.1) is 6.92 Å². The van der Waals surface area contributed by atoms with E-state index >= 15 is 0 Å². The molecule has 0 saturated heterocycles. The molecular weight excluding hydrogens is 322 g/mol. The van der Waals surface area contributed by atoms with Crippen LogP contribution in [0.1, 0.15) is 24.0 Å². The number of phenols is 1. The summed E-state index contributed by atoms with van der Waals surface area (Å²) >= 11 is 0. The van der Waals surface area contributed by atoms with Crippen molar-refractivity contribution in [2.24, 2.45) is 0 Å². The molecule has 0 aliphatic heterocycles. The molecule has 0 saturated carbocycles. The largest absolute Gasteiger partial charge is 0.508 e. The summed E-state index contributed by atoms with van der Waals surface area (Å²) in [6, 6.07) is 11.4. The van der Waals surface area contributed by atoms with E-state index in [-0.39, 0.29) is 10.6 Å². The highest BCUT2D eigenvalue weighted by Gasteiger charge is 2.15. The highest BCUT2D eigenvalue weighted by molar-refractivity contribution is 7.92. The van der Waals surface area contributed by atoms with Crippen LogP contribution in [0.25, 0.3) is 5.57 Å². The number of hydrogen-bond acceptors (Lipinski definition) is 3. The molecule has 0 radical (unpaired) electrons. The average Bonchev–Trinajstić information content (AvgIpc) is 2.59. The van der Waals surface area contributed by atoms with Gasteiger partial charge in [-0.05, 0) is 66.8 Å². The van der Waals surface area contributed by atoms with Crippen LogP contribution in [0.15, 0.2) is 65.6 Å². The number of phenolic OH excluding ortho intramolecular Hbond substituents is 1. The monoisotopic (exact) mass is 341 g/mol. The molecule has 3 rings (SSSR count). The minimum atomic E-state index is -3.66. The van der Waals surface area contributed by atoms with Crippen molar-refractivity contribution in [3.8, 4) is 5.75 Å². The summed E-state index contributed by atoms with van der Waals surface area (Å²) in [4.78, 5) is 0.206. The third kappa shape index (κ3) is 3.51. The predicted molar refractivity (Wildman–Crippen MR) is 96.4 cm³/mol. The third-order valence-electron chi connectivity index (χ3n) is 3.94. The van der Waals surface area contributed by atoms with E-state index in [1.807, 2.05) is 12.1 Å². The van der Waals surface area contributed by atoms with Gasteiger partial charge in [-0.25, -0.2) is 8.42 Å². The summed E-state index contributed by atoms with van der Waals surface area (Å²) in [6.45, 7) is 1.72. The van der Waals surface area contributed by atoms with E-state index in [0.29, 0.717) is 11.3 Å². The fourth-order valence-corrected chi connectivity index (χ4v) is 3.64. The van der Waals surface area contributed by atoms with Crippen molar-refractivity contribution < 1.29 is 13.5 Å². The number of aromatic hydroxyl groups is 1. The van der Waals surface area contributed by atoms with E-state index in [0.717, 1.165) is 24.0 Å². The second-order valence-electron chi connectivity index (χ2n) is 5.77. The van der Waals surface area contributed by atoms with Gasteiger partial charge in [0, 0.05) is 5.69 Å². The first kappa shape index (κ1) is 16.3. The second kappa shape index (κ2) is 6.53. The number of hydrogen-bond donors (Lipinski definition) is 2. The lowest BCUT2D eigenvalue weighted by Gasteiger charge is -2.11. The van der Waals surface area contributed by atoms with Crippen LogP contribution in [-0.2, 0) is 10.0 Å². The SMILES string of the molecule is Cc1cc(NS(=O)(=O)c2ccc(C3=CCCC=C3)cc2)ccc1O. The number of rotatable bonds is 4. The summed E-state index contributed by atoms with van der Waals surface area (Å²) < 4.78 is 27.5. The zero-order valence-corrected chi connectivity index (χ0v) is 14.2. The van der Waals surface area contributed by atoms with Crippen LogP contribution in [0.2, 0.25) is 0 Å². The lowest BCUT2D eigenvalue weighted by Crippen LogP contribution is -2.13. The quantitative estimate of drug-likeness (QED) is 0.818. The smallest absolute Gasteiger partial charge is 0.261 e. The van der Waals surface area contributed by atoms with Crippen LogP contribution < -0.4 is 4.72 Å². The Morgan fingerprint density at radius 3 is 2.42 bits per heavy atom. The molecule has 0 spiro atoms. The molecular formula is C19H19NO3S. The number of benzene rings is 2. The van der Waals surface area contributed by atoms with E-state index in [1.54, 1.807) is 25.1 Å². The van der Waals surface area contributed by atoms with E-state index < -0.39 is 10.0 Å². The Hall–Kier alpha value is -2.53. The van der Waals surface area contributed by atoms with E-state index in [1.165, 1.54) is 12.1 Å². The van der Waals surface area contributed by atoms with Gasteiger partial charge in [-0.2, -0.15) is 0 Å². The molecule has 1 aliphatic carbocycles. The Morgan fingerprint density at radius 1 is 1.04 bits per heavy atom. The summed E-state index contributed by atoms with van der Waals surface area (Å²) in [5, 5.41) is 9.53. The summed E-state index contributed by atoms with van der Waals surface area (Å²) in [6.07, 6.45) is 8.39. The van der Waals surface area contributed by atoms with Gasteiger partial charge in [-0.15, -0.1) is 0 Å². The van der Waals surface area contributed by atoms with Crippen molar-refractivity contribution in [3.05, 3.63) is 71.8 Å². The van der Waals surface area contributed by atoms with Crippen LogP contribution in [0.4, 0.5) is 5.69 Å². The number of sulfonamides is 1. The van der Waals surface area contributed by atoms with Gasteiger partial charge in [-0.1, -0.05) is 30.4 Å². The number of aryl methyl sites for hydroxylation is 1. The zero-order chi connectivity index (χ0) is 17.2. The Labute approximate surface area is 142 Å². The van der Waals surface area contributed by atoms with E-state index in [9.17, 15) is 13.5 Å². The van der Waals surface area contributed by atoms with Gasteiger partial charge >= 0.3 is 0 Å². The van der Waals surface area contributed by atoms with Crippen LogP contribution in [0.5, 0.6) is 5.75 Å². The molecule has 0 unspecified atom stereocenters. The average molecular weight is 341 g/mol. The van der Waals surface area contributed by atoms with E-state index in [4.69, 9.17) is 0 Å². The first-order valence-corrected chi connectivity index (χ1v) is 9.23. The third-order valence-corrected chi connectivity index (χ3v) is 5.34. The Balaban J connectivity index is 1.83. The molecule has 0 bridgehead atoms. The van der Waals surface area contributed by atoms with Gasteiger partial charge in [0.2, 0.25) is 0 Å². The van der Waals surface area contributed by atoms with Crippen molar-refractivity contribution in [2.75, 3.05) is 4.72 Å². The molecule has 0 atom stereocenters. The standard InChI is InChI=1S/C19H19NO3S/c1-14-13-17(9-12-19(14)21)20-24(22,23)18-10-7-16(8-11-18)15-5-3-2-4-6-15/h3,5-13,20-21H,2,4H2,1H3. The van der Waals surface area contributed by atoms with Crippen molar-refractivity contribution >= 4 is 21.3 Å². The second-order valence-corrected chi connectivity index (χ2v) is 7.45. The molecule has 124 valence electrons. The highest BCUT2D eigenvalue weighted by Crippen LogP contribution is 2.25. The first-order chi connectivity index (χ1) is 11.5. The topological polar surface area (TPSA) is 66.4 Å². The van der Waals surface area contributed by atoms with Gasteiger partial charge in [0.1, 0.15) is 5.75 Å². The van der Waals surface area contributed by atoms with Gasteiger partial charge in [0.25, 0.3) is 10.0 Å². The Bertz CT molecular complexity index is 910. The fourth-order valence-electron chi connectivity index (χ4n) is 2.59. The highest BCUT2D eigenvalue weighted by atomic mass is 32.2. The summed E-state index contributed by atoms with van der Waals surface area (Å²) in [5.41, 5.74) is 3.16. The Kier molecular flexibility index (Phi) is 4.44. The summed E-state index contributed by atoms with van der Waals surface area (Å²) in [5.74, 6) is 0.135. The predicted octanol–water partition coefficient (Wildman–Crippen LogP) is 4.23. The zero-order valence-electron chi connectivity index (χ0n) is 13.4. The molecule has 2 N–H and O–H groups in total. The molecule has 0 aromatic heterocycles. The number of anilines is 1. The normalized spacial score (nSPS) is 14.3. The molecule has 24 heavy (non-hydrogen) atoms. The lowest BCUT2D eigenvalue weighted by atomic mass is 10.00. The molecule has 5 heteroatoms. The lowest BCUT2D eigenvalue weighted by molar-refractivity contribution is 0.471. The van der Waals surface area contributed by atoms with Crippen LogP contribution in [-0.4, -0.2) is 13.5 Å². The fraction of sp³-hybridized carbons (Fsp3) is 0.158.